The number of halogens is 1. The van der Waals surface area contributed by atoms with E-state index in [9.17, 15) is 14.3 Å². The summed E-state index contributed by atoms with van der Waals surface area (Å²) in [5, 5.41) is 12.9. The lowest BCUT2D eigenvalue weighted by atomic mass is 10.2. The SMILES string of the molecule is CCCOc1cccc(NC(=O)OCC(O)CN2CCN(c3ccc(F)cc3)CC2)c1. The van der Waals surface area contributed by atoms with Crippen LogP contribution in [0.2, 0.25) is 0 Å². The maximum atomic E-state index is 13.1. The number of anilines is 2. The third kappa shape index (κ3) is 7.41. The van der Waals surface area contributed by atoms with Crippen LogP contribution in [0.4, 0.5) is 20.6 Å². The maximum Gasteiger partial charge on any atom is 0.411 e. The highest BCUT2D eigenvalue weighted by atomic mass is 19.1. The van der Waals surface area contributed by atoms with Crippen LogP contribution in [0.1, 0.15) is 13.3 Å². The van der Waals surface area contributed by atoms with Gasteiger partial charge in [0, 0.05) is 50.2 Å². The minimum atomic E-state index is -0.776. The Labute approximate surface area is 182 Å². The van der Waals surface area contributed by atoms with Gasteiger partial charge in [-0.1, -0.05) is 13.0 Å². The first-order valence-electron chi connectivity index (χ1n) is 10.6. The molecule has 1 fully saturated rings. The topological polar surface area (TPSA) is 74.3 Å². The van der Waals surface area contributed by atoms with Crippen molar-refractivity contribution in [1.29, 1.82) is 0 Å². The number of β-amino-alcohol motifs (C(OH)–C–C–N with tert-alkyl or cyclic N) is 1. The molecule has 1 heterocycles. The number of hydrogen-bond donors (Lipinski definition) is 2. The number of benzene rings is 2. The highest BCUT2D eigenvalue weighted by Crippen LogP contribution is 2.18. The van der Waals surface area contributed by atoms with Gasteiger partial charge in [0.25, 0.3) is 0 Å². The average molecular weight is 432 g/mol. The van der Waals surface area contributed by atoms with Crippen molar-refractivity contribution < 1.29 is 23.8 Å². The van der Waals surface area contributed by atoms with E-state index < -0.39 is 12.2 Å². The predicted molar refractivity (Wildman–Crippen MR) is 118 cm³/mol. The Morgan fingerprint density at radius 1 is 1.16 bits per heavy atom. The van der Waals surface area contributed by atoms with E-state index in [1.165, 1.54) is 12.1 Å². The van der Waals surface area contributed by atoms with Gasteiger partial charge in [0.05, 0.1) is 6.61 Å². The van der Waals surface area contributed by atoms with Gasteiger partial charge >= 0.3 is 6.09 Å². The molecule has 1 aliphatic rings. The molecule has 0 radical (unpaired) electrons. The highest BCUT2D eigenvalue weighted by Gasteiger charge is 2.20. The number of ether oxygens (including phenoxy) is 2. The standard InChI is InChI=1S/C23H30FN3O4/c1-2-14-30-22-5-3-4-19(15-22)25-23(29)31-17-21(28)16-26-10-12-27(13-11-26)20-8-6-18(24)7-9-20/h3-9,15,21,28H,2,10-14,16-17H2,1H3,(H,25,29). The summed E-state index contributed by atoms with van der Waals surface area (Å²) < 4.78 is 23.8. The number of piperazine rings is 1. The van der Waals surface area contributed by atoms with Gasteiger partial charge in [-0.2, -0.15) is 0 Å². The Bertz CT molecular complexity index is 826. The quantitative estimate of drug-likeness (QED) is 0.634. The summed E-state index contributed by atoms with van der Waals surface area (Å²) in [7, 11) is 0. The Morgan fingerprint density at radius 2 is 1.90 bits per heavy atom. The molecule has 31 heavy (non-hydrogen) atoms. The second-order valence-electron chi connectivity index (χ2n) is 7.52. The zero-order valence-electron chi connectivity index (χ0n) is 17.8. The summed E-state index contributed by atoms with van der Waals surface area (Å²) in [6.07, 6.45) is -0.492. The molecule has 1 amide bonds. The van der Waals surface area contributed by atoms with Crippen molar-refractivity contribution in [3.8, 4) is 5.75 Å². The lowest BCUT2D eigenvalue weighted by Gasteiger charge is -2.36. The molecule has 1 atom stereocenters. The van der Waals surface area contributed by atoms with Crippen molar-refractivity contribution in [2.45, 2.75) is 19.4 Å². The van der Waals surface area contributed by atoms with Crippen LogP contribution in [0.3, 0.4) is 0 Å². The first kappa shape index (κ1) is 22.8. The number of carbonyl (C=O) groups excluding carboxylic acids is 1. The van der Waals surface area contributed by atoms with Crippen LogP contribution >= 0.6 is 0 Å². The van der Waals surface area contributed by atoms with Gasteiger partial charge in [-0.05, 0) is 42.8 Å². The third-order valence-electron chi connectivity index (χ3n) is 4.99. The van der Waals surface area contributed by atoms with E-state index in [1.54, 1.807) is 30.3 Å². The van der Waals surface area contributed by atoms with E-state index >= 15 is 0 Å². The summed E-state index contributed by atoms with van der Waals surface area (Å²) in [6, 6.07) is 13.6. The molecule has 2 N–H and O–H groups in total. The van der Waals surface area contributed by atoms with Crippen LogP contribution in [-0.4, -0.2) is 68.1 Å². The van der Waals surface area contributed by atoms with Gasteiger partial charge in [0.2, 0.25) is 0 Å². The number of hydrogen-bond acceptors (Lipinski definition) is 6. The number of aliphatic hydroxyl groups excluding tert-OH is 1. The normalized spacial score (nSPS) is 15.4. The molecule has 0 aromatic heterocycles. The van der Waals surface area contributed by atoms with Crippen LogP contribution in [0.5, 0.6) is 5.75 Å². The van der Waals surface area contributed by atoms with Gasteiger partial charge in [-0.3, -0.25) is 10.2 Å². The molecule has 3 rings (SSSR count). The van der Waals surface area contributed by atoms with Gasteiger partial charge in [0.1, 0.15) is 24.3 Å². The van der Waals surface area contributed by atoms with Crippen molar-refractivity contribution in [2.75, 3.05) is 56.2 Å². The Morgan fingerprint density at radius 3 is 2.61 bits per heavy atom. The number of aliphatic hydroxyl groups is 1. The molecule has 7 nitrogen and oxygen atoms in total. The van der Waals surface area contributed by atoms with E-state index in [2.05, 4.69) is 15.1 Å². The minimum absolute atomic E-state index is 0.0873. The number of nitrogens with one attached hydrogen (secondary N) is 1. The van der Waals surface area contributed by atoms with E-state index in [4.69, 9.17) is 9.47 Å². The summed E-state index contributed by atoms with van der Waals surface area (Å²) >= 11 is 0. The second-order valence-corrected chi connectivity index (χ2v) is 7.52. The molecule has 2 aromatic rings. The number of nitrogens with zero attached hydrogens (tertiary/aromatic N) is 2. The lowest BCUT2D eigenvalue weighted by Crippen LogP contribution is -2.49. The first-order valence-corrected chi connectivity index (χ1v) is 10.6. The molecular weight excluding hydrogens is 401 g/mol. The largest absolute Gasteiger partial charge is 0.494 e. The van der Waals surface area contributed by atoms with Crippen LogP contribution in [0.25, 0.3) is 0 Å². The molecular formula is C23H30FN3O4. The summed E-state index contributed by atoms with van der Waals surface area (Å²) in [5.74, 6) is 0.437. The van der Waals surface area contributed by atoms with Crippen LogP contribution in [0, 0.1) is 5.82 Å². The smallest absolute Gasteiger partial charge is 0.411 e. The van der Waals surface area contributed by atoms with Gasteiger partial charge in [-0.15, -0.1) is 0 Å². The summed E-state index contributed by atoms with van der Waals surface area (Å²) in [4.78, 5) is 16.3. The Hall–Kier alpha value is -2.84. The van der Waals surface area contributed by atoms with Gasteiger partial charge < -0.3 is 19.5 Å². The van der Waals surface area contributed by atoms with E-state index in [0.717, 1.165) is 38.3 Å². The van der Waals surface area contributed by atoms with E-state index in [-0.39, 0.29) is 12.4 Å². The molecule has 1 saturated heterocycles. The van der Waals surface area contributed by atoms with Crippen LogP contribution < -0.4 is 15.0 Å². The summed E-state index contributed by atoms with van der Waals surface area (Å²) in [6.45, 7) is 6.08. The molecule has 168 valence electrons. The summed E-state index contributed by atoms with van der Waals surface area (Å²) in [5.41, 5.74) is 1.57. The fourth-order valence-electron chi connectivity index (χ4n) is 3.40. The van der Waals surface area contributed by atoms with E-state index in [0.29, 0.717) is 24.6 Å². The predicted octanol–water partition coefficient (Wildman–Crippen LogP) is 3.35. The molecule has 0 spiro atoms. The molecule has 8 heteroatoms. The average Bonchev–Trinajstić information content (AvgIpc) is 2.78. The highest BCUT2D eigenvalue weighted by molar-refractivity contribution is 5.84. The van der Waals surface area contributed by atoms with Gasteiger partial charge in [-0.25, -0.2) is 9.18 Å². The molecule has 0 bridgehead atoms. The van der Waals surface area contributed by atoms with E-state index in [1.807, 2.05) is 13.0 Å². The second kappa shape index (κ2) is 11.5. The monoisotopic (exact) mass is 431 g/mol. The zero-order chi connectivity index (χ0) is 22.1. The fourth-order valence-corrected chi connectivity index (χ4v) is 3.40. The number of rotatable bonds is 9. The molecule has 1 aliphatic heterocycles. The van der Waals surface area contributed by atoms with Crippen molar-refractivity contribution in [3.05, 3.63) is 54.3 Å². The number of amides is 1. The minimum Gasteiger partial charge on any atom is -0.494 e. The Kier molecular flexibility index (Phi) is 8.49. The van der Waals surface area contributed by atoms with Crippen LogP contribution in [0.15, 0.2) is 48.5 Å². The third-order valence-corrected chi connectivity index (χ3v) is 4.99. The molecule has 1 unspecified atom stereocenters. The Balaban J connectivity index is 1.36. The van der Waals surface area contributed by atoms with Crippen LogP contribution in [-0.2, 0) is 4.74 Å². The van der Waals surface area contributed by atoms with Crippen molar-refractivity contribution in [1.82, 2.24) is 4.90 Å². The first-order chi connectivity index (χ1) is 15.0. The lowest BCUT2D eigenvalue weighted by molar-refractivity contribution is 0.0469. The van der Waals surface area contributed by atoms with Crippen molar-refractivity contribution >= 4 is 17.5 Å². The van der Waals surface area contributed by atoms with Crippen molar-refractivity contribution in [3.63, 3.8) is 0 Å². The fraction of sp³-hybridized carbons (Fsp3) is 0.435. The zero-order valence-corrected chi connectivity index (χ0v) is 17.8. The molecule has 0 saturated carbocycles. The van der Waals surface area contributed by atoms with Gasteiger partial charge in [0.15, 0.2) is 0 Å². The molecule has 2 aromatic carbocycles. The number of carbonyl (C=O) groups is 1. The van der Waals surface area contributed by atoms with Crippen molar-refractivity contribution in [2.24, 2.45) is 0 Å². The molecule has 0 aliphatic carbocycles. The maximum absolute atomic E-state index is 13.1.